The summed E-state index contributed by atoms with van der Waals surface area (Å²) < 4.78 is 0. The van der Waals surface area contributed by atoms with Crippen molar-refractivity contribution in [2.24, 2.45) is 0 Å². The number of nitrogens with zero attached hydrogens (tertiary/aromatic N) is 2. The van der Waals surface area contributed by atoms with E-state index in [4.69, 9.17) is 5.73 Å². The molecular formula is C12H20N4O2S. The van der Waals surface area contributed by atoms with E-state index < -0.39 is 6.10 Å². The zero-order valence-corrected chi connectivity index (χ0v) is 12.0. The van der Waals surface area contributed by atoms with Crippen LogP contribution in [-0.2, 0) is 0 Å². The SMILES string of the molecule is CC(O)CN(C)C(=O)c1sc(NC2CCC2)nc1N. The zero-order chi connectivity index (χ0) is 14.0. The summed E-state index contributed by atoms with van der Waals surface area (Å²) in [6.45, 7) is 1.92. The predicted molar refractivity (Wildman–Crippen MR) is 76.4 cm³/mol. The molecule has 1 saturated carbocycles. The van der Waals surface area contributed by atoms with Gasteiger partial charge in [0.2, 0.25) is 0 Å². The fourth-order valence-corrected chi connectivity index (χ4v) is 2.88. The van der Waals surface area contributed by atoms with E-state index in [1.165, 1.54) is 22.7 Å². The number of aliphatic hydroxyl groups is 1. The van der Waals surface area contributed by atoms with Crippen molar-refractivity contribution in [1.82, 2.24) is 9.88 Å². The smallest absolute Gasteiger partial charge is 0.267 e. The first-order valence-electron chi connectivity index (χ1n) is 6.43. The number of aromatic nitrogens is 1. The Labute approximate surface area is 116 Å². The van der Waals surface area contributed by atoms with Gasteiger partial charge >= 0.3 is 0 Å². The van der Waals surface area contributed by atoms with Crippen molar-refractivity contribution in [3.05, 3.63) is 4.88 Å². The van der Waals surface area contributed by atoms with Crippen LogP contribution in [0.15, 0.2) is 0 Å². The highest BCUT2D eigenvalue weighted by atomic mass is 32.1. The van der Waals surface area contributed by atoms with Crippen molar-refractivity contribution >= 4 is 28.2 Å². The first-order valence-corrected chi connectivity index (χ1v) is 7.25. The summed E-state index contributed by atoms with van der Waals surface area (Å²) in [6, 6.07) is 0.462. The lowest BCUT2D eigenvalue weighted by atomic mass is 9.93. The van der Waals surface area contributed by atoms with Crippen LogP contribution < -0.4 is 11.1 Å². The number of nitrogens with one attached hydrogen (secondary N) is 1. The normalized spacial score (nSPS) is 16.8. The Balaban J connectivity index is 2.04. The Bertz CT molecular complexity index is 457. The van der Waals surface area contributed by atoms with Crippen LogP contribution in [0.5, 0.6) is 0 Å². The standard InChI is InChI=1S/C12H20N4O2S/c1-7(17)6-16(2)11(18)9-10(13)15-12(19-9)14-8-4-3-5-8/h7-8,17H,3-6,13H2,1-2H3,(H,14,15). The van der Waals surface area contributed by atoms with Gasteiger partial charge in [-0.15, -0.1) is 0 Å². The summed E-state index contributed by atoms with van der Waals surface area (Å²) in [6.07, 6.45) is 2.97. The van der Waals surface area contributed by atoms with Crippen LogP contribution in [0.4, 0.5) is 10.9 Å². The highest BCUT2D eigenvalue weighted by Gasteiger charge is 2.23. The van der Waals surface area contributed by atoms with E-state index in [0.29, 0.717) is 16.1 Å². The van der Waals surface area contributed by atoms with Gasteiger partial charge in [0.15, 0.2) is 5.13 Å². The number of carbonyl (C=O) groups excluding carboxylic acids is 1. The van der Waals surface area contributed by atoms with Crippen LogP contribution in [-0.4, -0.2) is 46.6 Å². The van der Waals surface area contributed by atoms with Crippen molar-refractivity contribution in [3.8, 4) is 0 Å². The number of hydrogen-bond acceptors (Lipinski definition) is 6. The molecule has 19 heavy (non-hydrogen) atoms. The van der Waals surface area contributed by atoms with E-state index in [9.17, 15) is 9.90 Å². The van der Waals surface area contributed by atoms with E-state index in [2.05, 4.69) is 10.3 Å². The summed E-state index contributed by atoms with van der Waals surface area (Å²) in [5.74, 6) is 0.0619. The number of thiazole rings is 1. The van der Waals surface area contributed by atoms with Gasteiger partial charge in [0, 0.05) is 19.6 Å². The first-order chi connectivity index (χ1) is 8.97. The highest BCUT2D eigenvalue weighted by molar-refractivity contribution is 7.18. The number of nitrogen functional groups attached to an aromatic ring is 1. The van der Waals surface area contributed by atoms with Gasteiger partial charge in [-0.1, -0.05) is 11.3 Å². The number of aliphatic hydroxyl groups excluding tert-OH is 1. The van der Waals surface area contributed by atoms with Gasteiger partial charge in [-0.3, -0.25) is 4.79 Å². The average molecular weight is 284 g/mol. The molecule has 0 aromatic carbocycles. The fraction of sp³-hybridized carbons (Fsp3) is 0.667. The van der Waals surface area contributed by atoms with Crippen LogP contribution in [0.1, 0.15) is 35.9 Å². The fourth-order valence-electron chi connectivity index (χ4n) is 1.93. The second kappa shape index (κ2) is 5.75. The van der Waals surface area contributed by atoms with Crippen LogP contribution in [0.3, 0.4) is 0 Å². The monoisotopic (exact) mass is 284 g/mol. The minimum Gasteiger partial charge on any atom is -0.392 e. The summed E-state index contributed by atoms with van der Waals surface area (Å²) in [4.78, 5) is 18.2. The third kappa shape index (κ3) is 3.36. The number of anilines is 2. The maximum absolute atomic E-state index is 12.2. The summed E-state index contributed by atoms with van der Waals surface area (Å²) in [5.41, 5.74) is 5.80. The Morgan fingerprint density at radius 1 is 1.68 bits per heavy atom. The molecule has 1 aliphatic carbocycles. The van der Waals surface area contributed by atoms with Crippen molar-refractivity contribution in [2.45, 2.75) is 38.3 Å². The number of amides is 1. The van der Waals surface area contributed by atoms with E-state index in [1.54, 1.807) is 14.0 Å². The van der Waals surface area contributed by atoms with Gasteiger partial charge in [0.25, 0.3) is 5.91 Å². The third-order valence-electron chi connectivity index (χ3n) is 3.17. The second-order valence-corrected chi connectivity index (χ2v) is 6.04. The van der Waals surface area contributed by atoms with Crippen molar-refractivity contribution in [2.75, 3.05) is 24.6 Å². The lowest BCUT2D eigenvalue weighted by molar-refractivity contribution is 0.0709. The Hall–Kier alpha value is -1.34. The molecule has 1 unspecified atom stereocenters. The minimum absolute atomic E-state index is 0.197. The van der Waals surface area contributed by atoms with E-state index >= 15 is 0 Å². The maximum Gasteiger partial charge on any atom is 0.267 e. The molecule has 1 amide bonds. The molecule has 0 radical (unpaired) electrons. The molecule has 0 spiro atoms. The van der Waals surface area contributed by atoms with Crippen LogP contribution in [0.2, 0.25) is 0 Å². The van der Waals surface area contributed by atoms with E-state index in [1.807, 2.05) is 0 Å². The molecule has 2 rings (SSSR count). The molecule has 106 valence electrons. The van der Waals surface area contributed by atoms with Crippen molar-refractivity contribution in [1.29, 1.82) is 0 Å². The molecule has 0 aliphatic heterocycles. The van der Waals surface area contributed by atoms with Gasteiger partial charge < -0.3 is 21.1 Å². The molecule has 1 atom stereocenters. The summed E-state index contributed by atoms with van der Waals surface area (Å²) >= 11 is 1.28. The number of rotatable bonds is 5. The topological polar surface area (TPSA) is 91.5 Å². The number of carbonyl (C=O) groups is 1. The molecule has 1 fully saturated rings. The summed E-state index contributed by atoms with van der Waals surface area (Å²) in [5, 5.41) is 13.3. The molecule has 1 heterocycles. The Morgan fingerprint density at radius 2 is 2.37 bits per heavy atom. The zero-order valence-electron chi connectivity index (χ0n) is 11.2. The molecule has 4 N–H and O–H groups in total. The lowest BCUT2D eigenvalue weighted by Gasteiger charge is -2.25. The average Bonchev–Trinajstić information content (AvgIpc) is 2.63. The van der Waals surface area contributed by atoms with Crippen molar-refractivity contribution < 1.29 is 9.90 Å². The van der Waals surface area contributed by atoms with Gasteiger partial charge in [-0.2, -0.15) is 0 Å². The molecule has 7 heteroatoms. The second-order valence-electron chi connectivity index (χ2n) is 5.04. The molecule has 1 aliphatic rings. The predicted octanol–water partition coefficient (Wildman–Crippen LogP) is 1.14. The van der Waals surface area contributed by atoms with Crippen LogP contribution in [0, 0.1) is 0 Å². The number of hydrogen-bond donors (Lipinski definition) is 3. The largest absolute Gasteiger partial charge is 0.392 e. The van der Waals surface area contributed by atoms with E-state index in [0.717, 1.165) is 12.8 Å². The van der Waals surface area contributed by atoms with Gasteiger partial charge in [0.05, 0.1) is 6.10 Å². The third-order valence-corrected chi connectivity index (χ3v) is 4.16. The van der Waals surface area contributed by atoms with Gasteiger partial charge in [-0.05, 0) is 26.2 Å². The molecule has 6 nitrogen and oxygen atoms in total. The highest BCUT2D eigenvalue weighted by Crippen LogP contribution is 2.30. The summed E-state index contributed by atoms with van der Waals surface area (Å²) in [7, 11) is 1.65. The maximum atomic E-state index is 12.2. The molecule has 0 bridgehead atoms. The molecule has 1 aromatic heterocycles. The Kier molecular flexibility index (Phi) is 4.26. The van der Waals surface area contributed by atoms with Gasteiger partial charge in [0.1, 0.15) is 10.7 Å². The van der Waals surface area contributed by atoms with Crippen molar-refractivity contribution in [3.63, 3.8) is 0 Å². The van der Waals surface area contributed by atoms with E-state index in [-0.39, 0.29) is 18.3 Å². The minimum atomic E-state index is -0.560. The molecular weight excluding hydrogens is 264 g/mol. The lowest BCUT2D eigenvalue weighted by Crippen LogP contribution is -2.32. The quantitative estimate of drug-likeness (QED) is 0.754. The van der Waals surface area contributed by atoms with Crippen LogP contribution >= 0.6 is 11.3 Å². The van der Waals surface area contributed by atoms with Gasteiger partial charge in [-0.25, -0.2) is 4.98 Å². The number of nitrogens with two attached hydrogens (primary N) is 1. The molecule has 1 aromatic rings. The van der Waals surface area contributed by atoms with Crippen LogP contribution in [0.25, 0.3) is 0 Å². The number of likely N-dealkylation sites (N-methyl/N-ethyl adjacent to an activating group) is 1. The molecule has 0 saturated heterocycles. The first kappa shape index (κ1) is 14.1. The Morgan fingerprint density at radius 3 is 2.89 bits per heavy atom.